The van der Waals surface area contributed by atoms with E-state index in [9.17, 15) is 9.59 Å². The summed E-state index contributed by atoms with van der Waals surface area (Å²) in [5, 5.41) is 3.05. The Kier molecular flexibility index (Phi) is 10.5. The van der Waals surface area contributed by atoms with Crippen LogP contribution in [-0.4, -0.2) is 35.9 Å². The third kappa shape index (κ3) is 9.02. The molecule has 0 heterocycles. The quantitative estimate of drug-likeness (QED) is 0.281. The van der Waals surface area contributed by atoms with Gasteiger partial charge in [-0.25, -0.2) is 0 Å². The normalized spacial score (nSPS) is 12.2. The van der Waals surface area contributed by atoms with Crippen LogP contribution in [0.15, 0.2) is 83.3 Å². The number of nitrogens with one attached hydrogen (secondary N) is 1. The summed E-state index contributed by atoms with van der Waals surface area (Å²) in [6, 6.07) is 24.8. The Balaban J connectivity index is 1.87. The average Bonchev–Trinajstić information content (AvgIpc) is 2.88. The van der Waals surface area contributed by atoms with Gasteiger partial charge in [-0.05, 0) is 52.3 Å². The minimum atomic E-state index is -0.686. The van der Waals surface area contributed by atoms with Crippen LogP contribution in [0.5, 0.6) is 5.75 Å². The van der Waals surface area contributed by atoms with Crippen molar-refractivity contribution in [2.45, 2.75) is 59.0 Å². The summed E-state index contributed by atoms with van der Waals surface area (Å²) >= 11 is 3.52. The van der Waals surface area contributed by atoms with Crippen LogP contribution >= 0.6 is 15.9 Å². The highest BCUT2D eigenvalue weighted by Gasteiger charge is 2.31. The van der Waals surface area contributed by atoms with Gasteiger partial charge in [0.05, 0.1) is 0 Å². The Morgan fingerprint density at radius 2 is 1.58 bits per heavy atom. The lowest BCUT2D eigenvalue weighted by Gasteiger charge is -2.31. The van der Waals surface area contributed by atoms with Crippen LogP contribution in [0, 0.1) is 5.92 Å². The molecule has 0 aromatic heterocycles. The van der Waals surface area contributed by atoms with E-state index in [4.69, 9.17) is 4.74 Å². The van der Waals surface area contributed by atoms with Crippen molar-refractivity contribution >= 4 is 27.7 Å². The molecule has 0 fully saturated rings. The van der Waals surface area contributed by atoms with Gasteiger partial charge < -0.3 is 15.0 Å². The van der Waals surface area contributed by atoms with Crippen molar-refractivity contribution in [2.75, 3.05) is 13.2 Å². The molecule has 0 bridgehead atoms. The molecule has 0 spiro atoms. The van der Waals surface area contributed by atoms with Gasteiger partial charge in [0.25, 0.3) is 5.91 Å². The molecule has 0 aliphatic rings. The first-order valence-corrected chi connectivity index (χ1v) is 13.9. The van der Waals surface area contributed by atoms with Crippen LogP contribution in [0.2, 0.25) is 0 Å². The van der Waals surface area contributed by atoms with E-state index < -0.39 is 6.04 Å². The number of benzene rings is 3. The molecule has 0 saturated heterocycles. The van der Waals surface area contributed by atoms with Gasteiger partial charge in [0.2, 0.25) is 5.91 Å². The van der Waals surface area contributed by atoms with Gasteiger partial charge in [-0.3, -0.25) is 9.59 Å². The molecule has 1 N–H and O–H groups in total. The first-order chi connectivity index (χ1) is 18.0. The van der Waals surface area contributed by atoms with E-state index >= 15 is 0 Å². The third-order valence-electron chi connectivity index (χ3n) is 6.28. The van der Waals surface area contributed by atoms with Crippen LogP contribution in [0.25, 0.3) is 0 Å². The Labute approximate surface area is 235 Å². The van der Waals surface area contributed by atoms with Gasteiger partial charge in [0.15, 0.2) is 6.61 Å². The van der Waals surface area contributed by atoms with Gasteiger partial charge in [-0.2, -0.15) is 0 Å². The van der Waals surface area contributed by atoms with Crippen molar-refractivity contribution in [3.05, 3.63) is 100 Å². The van der Waals surface area contributed by atoms with Crippen LogP contribution < -0.4 is 10.1 Å². The van der Waals surface area contributed by atoms with E-state index in [0.29, 0.717) is 24.6 Å². The van der Waals surface area contributed by atoms with Crippen molar-refractivity contribution in [1.29, 1.82) is 0 Å². The smallest absolute Gasteiger partial charge is 0.261 e. The first kappa shape index (κ1) is 29.4. The maximum atomic E-state index is 13.7. The first-order valence-electron chi connectivity index (χ1n) is 13.1. The summed E-state index contributed by atoms with van der Waals surface area (Å²) in [5.41, 5.74) is 3.14. The lowest BCUT2D eigenvalue weighted by atomic mass is 9.87. The number of ether oxygens (including phenoxy) is 1. The predicted molar refractivity (Wildman–Crippen MR) is 157 cm³/mol. The zero-order valence-corrected chi connectivity index (χ0v) is 24.6. The fourth-order valence-electron chi connectivity index (χ4n) is 4.09. The summed E-state index contributed by atoms with van der Waals surface area (Å²) in [5.74, 6) is 0.508. The molecule has 1 atom stereocenters. The van der Waals surface area contributed by atoms with Crippen molar-refractivity contribution < 1.29 is 14.3 Å². The van der Waals surface area contributed by atoms with Crippen molar-refractivity contribution in [3.63, 3.8) is 0 Å². The highest BCUT2D eigenvalue weighted by atomic mass is 79.9. The van der Waals surface area contributed by atoms with Gasteiger partial charge in [0, 0.05) is 24.0 Å². The molecular weight excluding hydrogens is 540 g/mol. The highest BCUT2D eigenvalue weighted by Crippen LogP contribution is 2.24. The average molecular weight is 580 g/mol. The second kappa shape index (κ2) is 13.6. The Hall–Kier alpha value is -3.12. The van der Waals surface area contributed by atoms with Crippen LogP contribution in [0.4, 0.5) is 0 Å². The summed E-state index contributed by atoms with van der Waals surface area (Å²) in [6.45, 7) is 11.2. The number of halogens is 1. The molecule has 0 aliphatic carbocycles. The number of carbonyl (C=O) groups is 2. The summed E-state index contributed by atoms with van der Waals surface area (Å²) in [4.78, 5) is 28.9. The topological polar surface area (TPSA) is 58.6 Å². The molecule has 0 unspecified atom stereocenters. The van der Waals surface area contributed by atoms with Gasteiger partial charge in [0.1, 0.15) is 11.8 Å². The third-order valence-corrected chi connectivity index (χ3v) is 6.77. The second-order valence-corrected chi connectivity index (χ2v) is 12.0. The Bertz CT molecular complexity index is 1190. The Morgan fingerprint density at radius 3 is 2.18 bits per heavy atom. The standard InChI is InChI=1S/C32H39BrN2O3/c1-23(2)20-34-31(37)29(19-24-10-7-6-8-11-24)35(21-25-12-9-13-27(33)18-25)30(36)22-38-28-16-14-26(15-17-28)32(3,4)5/h6-18,23,29H,19-22H2,1-5H3,(H,34,37)/t29-/m1/s1. The molecule has 0 aliphatic heterocycles. The number of hydrogen-bond donors (Lipinski definition) is 1. The summed E-state index contributed by atoms with van der Waals surface area (Å²) in [6.07, 6.45) is 0.408. The zero-order chi connectivity index (χ0) is 27.7. The van der Waals surface area contributed by atoms with E-state index in [1.54, 1.807) is 4.90 Å². The number of nitrogens with zero attached hydrogens (tertiary/aromatic N) is 1. The molecule has 3 rings (SSSR count). The van der Waals surface area contributed by atoms with Gasteiger partial charge >= 0.3 is 0 Å². The molecular formula is C32H39BrN2O3. The van der Waals surface area contributed by atoms with E-state index in [1.165, 1.54) is 5.56 Å². The lowest BCUT2D eigenvalue weighted by Crippen LogP contribution is -2.52. The molecule has 0 saturated carbocycles. The molecule has 2 amide bonds. The lowest BCUT2D eigenvalue weighted by molar-refractivity contribution is -0.142. The van der Waals surface area contributed by atoms with Crippen LogP contribution in [0.1, 0.15) is 51.3 Å². The number of amides is 2. The maximum absolute atomic E-state index is 13.7. The van der Waals surface area contributed by atoms with E-state index in [2.05, 4.69) is 55.9 Å². The largest absolute Gasteiger partial charge is 0.484 e. The predicted octanol–water partition coefficient (Wildman–Crippen LogP) is 6.54. The summed E-state index contributed by atoms with van der Waals surface area (Å²) < 4.78 is 6.84. The SMILES string of the molecule is CC(C)CNC(=O)[C@@H](Cc1ccccc1)N(Cc1cccc(Br)c1)C(=O)COc1ccc(C(C)(C)C)cc1. The number of hydrogen-bond acceptors (Lipinski definition) is 3. The molecule has 6 heteroatoms. The summed E-state index contributed by atoms with van der Waals surface area (Å²) in [7, 11) is 0. The van der Waals surface area contributed by atoms with Gasteiger partial charge in [-0.15, -0.1) is 0 Å². The fourth-order valence-corrected chi connectivity index (χ4v) is 4.53. The molecule has 0 radical (unpaired) electrons. The molecule has 3 aromatic rings. The van der Waals surface area contributed by atoms with Crippen molar-refractivity contribution in [3.8, 4) is 5.75 Å². The highest BCUT2D eigenvalue weighted by molar-refractivity contribution is 9.10. The van der Waals surface area contributed by atoms with E-state index in [0.717, 1.165) is 15.6 Å². The van der Waals surface area contributed by atoms with E-state index in [-0.39, 0.29) is 30.4 Å². The minimum Gasteiger partial charge on any atom is -0.484 e. The number of carbonyl (C=O) groups excluding carboxylic acids is 2. The molecule has 202 valence electrons. The van der Waals surface area contributed by atoms with Gasteiger partial charge in [-0.1, -0.05) is 105 Å². The van der Waals surface area contributed by atoms with Crippen LogP contribution in [0.3, 0.4) is 0 Å². The molecule has 5 nitrogen and oxygen atoms in total. The fraction of sp³-hybridized carbons (Fsp3) is 0.375. The maximum Gasteiger partial charge on any atom is 0.261 e. The van der Waals surface area contributed by atoms with Crippen molar-refractivity contribution in [1.82, 2.24) is 10.2 Å². The molecule has 3 aromatic carbocycles. The minimum absolute atomic E-state index is 0.0309. The van der Waals surface area contributed by atoms with Crippen LogP contribution in [-0.2, 0) is 28.0 Å². The second-order valence-electron chi connectivity index (χ2n) is 11.1. The monoisotopic (exact) mass is 578 g/mol. The Morgan fingerprint density at radius 1 is 0.921 bits per heavy atom. The molecule has 38 heavy (non-hydrogen) atoms. The number of rotatable bonds is 11. The van der Waals surface area contributed by atoms with Crippen molar-refractivity contribution in [2.24, 2.45) is 5.92 Å². The zero-order valence-electron chi connectivity index (χ0n) is 23.0. The van der Waals surface area contributed by atoms with E-state index in [1.807, 2.05) is 78.9 Å².